The standard InChI is InChI=1S/C19H23N5O2/c25-17(13-16-3-1-6-20-14-16)24-11-12-26-19(15-24)4-9-23(10-5-19)18-21-7-2-8-22-18/h1-3,6-8,14H,4-5,9-13,15H2. The maximum atomic E-state index is 12.7. The minimum atomic E-state index is -0.242. The fraction of sp³-hybridized carbons (Fsp3) is 0.474. The second-order valence-corrected chi connectivity index (χ2v) is 6.92. The summed E-state index contributed by atoms with van der Waals surface area (Å²) in [6.07, 6.45) is 9.16. The Morgan fingerprint density at radius 3 is 2.65 bits per heavy atom. The lowest BCUT2D eigenvalue weighted by Gasteiger charge is -2.47. The molecule has 0 saturated carbocycles. The molecule has 4 heterocycles. The first kappa shape index (κ1) is 16.9. The molecule has 0 unspecified atom stereocenters. The van der Waals surface area contributed by atoms with Crippen molar-refractivity contribution in [2.75, 3.05) is 37.7 Å². The molecule has 26 heavy (non-hydrogen) atoms. The summed E-state index contributed by atoms with van der Waals surface area (Å²) in [7, 11) is 0. The normalized spacial score (nSPS) is 19.5. The molecule has 7 heteroatoms. The number of rotatable bonds is 3. The van der Waals surface area contributed by atoms with E-state index >= 15 is 0 Å². The summed E-state index contributed by atoms with van der Waals surface area (Å²) in [6.45, 7) is 3.60. The molecule has 2 aliphatic heterocycles. The fourth-order valence-corrected chi connectivity index (χ4v) is 3.72. The highest BCUT2D eigenvalue weighted by atomic mass is 16.5. The Morgan fingerprint density at radius 1 is 1.12 bits per heavy atom. The number of morpholine rings is 1. The summed E-state index contributed by atoms with van der Waals surface area (Å²) >= 11 is 0. The summed E-state index contributed by atoms with van der Waals surface area (Å²) in [4.78, 5) is 29.6. The SMILES string of the molecule is O=C(Cc1cccnc1)N1CCOC2(CCN(c3ncccn3)CC2)C1. The number of pyridine rings is 1. The molecule has 0 aliphatic carbocycles. The van der Waals surface area contributed by atoms with Gasteiger partial charge in [0.2, 0.25) is 11.9 Å². The van der Waals surface area contributed by atoms with Gasteiger partial charge in [-0.25, -0.2) is 9.97 Å². The smallest absolute Gasteiger partial charge is 0.227 e. The summed E-state index contributed by atoms with van der Waals surface area (Å²) < 4.78 is 6.15. The van der Waals surface area contributed by atoms with Crippen LogP contribution in [-0.2, 0) is 16.0 Å². The van der Waals surface area contributed by atoms with E-state index in [1.807, 2.05) is 23.1 Å². The van der Waals surface area contributed by atoms with Crippen LogP contribution in [0.15, 0.2) is 43.0 Å². The molecular formula is C19H23N5O2. The predicted octanol–water partition coefficient (Wildman–Crippen LogP) is 1.31. The highest BCUT2D eigenvalue weighted by Gasteiger charge is 2.41. The second-order valence-electron chi connectivity index (χ2n) is 6.92. The van der Waals surface area contributed by atoms with Gasteiger partial charge in [0, 0.05) is 51.0 Å². The molecule has 2 aromatic heterocycles. The van der Waals surface area contributed by atoms with E-state index in [4.69, 9.17) is 4.74 Å². The average Bonchev–Trinajstić information content (AvgIpc) is 2.70. The summed E-state index contributed by atoms with van der Waals surface area (Å²) in [5, 5.41) is 0. The largest absolute Gasteiger partial charge is 0.371 e. The molecule has 0 bridgehead atoms. The monoisotopic (exact) mass is 353 g/mol. The number of aromatic nitrogens is 3. The molecule has 1 spiro atoms. The van der Waals surface area contributed by atoms with Crippen LogP contribution >= 0.6 is 0 Å². The minimum absolute atomic E-state index is 0.148. The van der Waals surface area contributed by atoms with E-state index in [9.17, 15) is 4.79 Å². The number of anilines is 1. The van der Waals surface area contributed by atoms with Gasteiger partial charge >= 0.3 is 0 Å². The van der Waals surface area contributed by atoms with Gasteiger partial charge in [-0.2, -0.15) is 0 Å². The number of carbonyl (C=O) groups excluding carboxylic acids is 1. The Morgan fingerprint density at radius 2 is 1.92 bits per heavy atom. The number of ether oxygens (including phenoxy) is 1. The lowest BCUT2D eigenvalue weighted by Crippen LogP contribution is -2.58. The third-order valence-electron chi connectivity index (χ3n) is 5.19. The van der Waals surface area contributed by atoms with Crippen LogP contribution in [0.5, 0.6) is 0 Å². The summed E-state index contributed by atoms with van der Waals surface area (Å²) in [5.41, 5.74) is 0.711. The van der Waals surface area contributed by atoms with Gasteiger partial charge in [-0.1, -0.05) is 6.07 Å². The molecule has 0 radical (unpaired) electrons. The first-order valence-electron chi connectivity index (χ1n) is 9.07. The van der Waals surface area contributed by atoms with Crippen molar-refractivity contribution in [2.24, 2.45) is 0 Å². The number of nitrogens with zero attached hydrogens (tertiary/aromatic N) is 5. The zero-order valence-electron chi connectivity index (χ0n) is 14.8. The van der Waals surface area contributed by atoms with Crippen molar-refractivity contribution in [1.82, 2.24) is 19.9 Å². The fourth-order valence-electron chi connectivity index (χ4n) is 3.72. The molecule has 1 amide bonds. The maximum absolute atomic E-state index is 12.7. The number of piperidine rings is 1. The first-order valence-corrected chi connectivity index (χ1v) is 9.07. The zero-order valence-corrected chi connectivity index (χ0v) is 14.8. The molecule has 0 N–H and O–H groups in total. The van der Waals surface area contributed by atoms with E-state index in [0.717, 1.165) is 37.4 Å². The third-order valence-corrected chi connectivity index (χ3v) is 5.19. The lowest BCUT2D eigenvalue weighted by atomic mass is 9.89. The van der Waals surface area contributed by atoms with Crippen LogP contribution < -0.4 is 4.90 Å². The summed E-state index contributed by atoms with van der Waals surface area (Å²) in [6, 6.07) is 5.63. The molecule has 4 rings (SSSR count). The van der Waals surface area contributed by atoms with Crippen LogP contribution in [0.1, 0.15) is 18.4 Å². The minimum Gasteiger partial charge on any atom is -0.371 e. The van der Waals surface area contributed by atoms with Crippen molar-refractivity contribution in [3.63, 3.8) is 0 Å². The van der Waals surface area contributed by atoms with Crippen LogP contribution in [-0.4, -0.2) is 64.1 Å². The van der Waals surface area contributed by atoms with Gasteiger partial charge in [-0.15, -0.1) is 0 Å². The quantitative estimate of drug-likeness (QED) is 0.829. The lowest BCUT2D eigenvalue weighted by molar-refractivity contribution is -0.153. The number of amides is 1. The van der Waals surface area contributed by atoms with Crippen molar-refractivity contribution in [3.05, 3.63) is 48.5 Å². The second kappa shape index (κ2) is 7.37. The highest BCUT2D eigenvalue weighted by molar-refractivity contribution is 5.78. The van der Waals surface area contributed by atoms with Crippen molar-refractivity contribution < 1.29 is 9.53 Å². The van der Waals surface area contributed by atoms with Gasteiger partial charge in [-0.05, 0) is 30.5 Å². The first-order chi connectivity index (χ1) is 12.7. The topological polar surface area (TPSA) is 71.5 Å². The third kappa shape index (κ3) is 3.67. The Kier molecular flexibility index (Phi) is 4.79. The molecular weight excluding hydrogens is 330 g/mol. The van der Waals surface area contributed by atoms with Crippen molar-refractivity contribution in [3.8, 4) is 0 Å². The predicted molar refractivity (Wildman–Crippen MR) is 96.7 cm³/mol. The van der Waals surface area contributed by atoms with Crippen molar-refractivity contribution in [2.45, 2.75) is 24.9 Å². The van der Waals surface area contributed by atoms with Gasteiger partial charge in [0.05, 0.1) is 18.6 Å². The van der Waals surface area contributed by atoms with Gasteiger partial charge in [0.15, 0.2) is 0 Å². The zero-order chi connectivity index (χ0) is 17.8. The molecule has 2 aromatic rings. The molecule has 2 saturated heterocycles. The van der Waals surface area contributed by atoms with Gasteiger partial charge in [-0.3, -0.25) is 9.78 Å². The van der Waals surface area contributed by atoms with Crippen molar-refractivity contribution in [1.29, 1.82) is 0 Å². The Hall–Kier alpha value is -2.54. The molecule has 0 aromatic carbocycles. The van der Waals surface area contributed by atoms with Crippen LogP contribution in [0.25, 0.3) is 0 Å². The van der Waals surface area contributed by atoms with Crippen molar-refractivity contribution >= 4 is 11.9 Å². The molecule has 2 aliphatic rings. The van der Waals surface area contributed by atoms with Crippen LogP contribution in [0, 0.1) is 0 Å². The van der Waals surface area contributed by atoms with Crippen LogP contribution in [0.2, 0.25) is 0 Å². The number of hydrogen-bond acceptors (Lipinski definition) is 6. The van der Waals surface area contributed by atoms with Gasteiger partial charge in [0.25, 0.3) is 0 Å². The van der Waals surface area contributed by atoms with E-state index < -0.39 is 0 Å². The maximum Gasteiger partial charge on any atom is 0.227 e. The van der Waals surface area contributed by atoms with E-state index in [0.29, 0.717) is 26.1 Å². The van der Waals surface area contributed by atoms with Gasteiger partial charge in [0.1, 0.15) is 0 Å². The van der Waals surface area contributed by atoms with E-state index in [1.165, 1.54) is 0 Å². The number of hydrogen-bond donors (Lipinski definition) is 0. The molecule has 0 atom stereocenters. The van der Waals surface area contributed by atoms with E-state index in [1.54, 1.807) is 24.8 Å². The number of carbonyl (C=O) groups is 1. The van der Waals surface area contributed by atoms with Crippen LogP contribution in [0.4, 0.5) is 5.95 Å². The van der Waals surface area contributed by atoms with Crippen LogP contribution in [0.3, 0.4) is 0 Å². The molecule has 7 nitrogen and oxygen atoms in total. The average molecular weight is 353 g/mol. The highest BCUT2D eigenvalue weighted by Crippen LogP contribution is 2.31. The summed E-state index contributed by atoms with van der Waals surface area (Å²) in [5.74, 6) is 0.914. The Balaban J connectivity index is 1.37. The van der Waals surface area contributed by atoms with E-state index in [-0.39, 0.29) is 11.5 Å². The van der Waals surface area contributed by atoms with Gasteiger partial charge < -0.3 is 14.5 Å². The molecule has 2 fully saturated rings. The van der Waals surface area contributed by atoms with E-state index in [2.05, 4.69) is 19.9 Å². The Labute approximate surface area is 153 Å². The molecule has 136 valence electrons. The Bertz CT molecular complexity index is 732.